The molecule has 0 bridgehead atoms. The molecule has 40 valence electrons. The molecule has 0 atom stereocenters. The van der Waals surface area contributed by atoms with E-state index in [0.29, 0.717) is 0 Å². The highest BCUT2D eigenvalue weighted by Crippen LogP contribution is 1.96. The molecule has 0 saturated carbocycles. The summed E-state index contributed by atoms with van der Waals surface area (Å²) >= 11 is 2.32. The molecule has 0 heterocycles. The largest absolute Gasteiger partial charge is 0.0991 e. The first-order valence-corrected chi connectivity index (χ1v) is 3.68. The van der Waals surface area contributed by atoms with E-state index in [1.807, 2.05) is 12.2 Å². The molecule has 0 aliphatic carbocycles. The summed E-state index contributed by atoms with van der Waals surface area (Å²) in [5, 5.41) is 0. The Bertz CT molecular complexity index is 82.2. The minimum atomic E-state index is 1.10. The Morgan fingerprint density at radius 3 is 2.57 bits per heavy atom. The van der Waals surface area contributed by atoms with Crippen molar-refractivity contribution in [3.8, 4) is 0 Å². The Balaban J connectivity index is 3.49. The lowest BCUT2D eigenvalue weighted by Crippen LogP contribution is -1.70. The zero-order chi connectivity index (χ0) is 5.70. The van der Waals surface area contributed by atoms with Crippen LogP contribution < -0.4 is 0 Å². The van der Waals surface area contributed by atoms with Gasteiger partial charge in [-0.2, -0.15) is 0 Å². The van der Waals surface area contributed by atoms with Gasteiger partial charge in [0, 0.05) is 4.43 Å². The highest BCUT2D eigenvalue weighted by atomic mass is 127. The zero-order valence-electron chi connectivity index (χ0n) is 4.45. The number of allylic oxidation sites excluding steroid dienone is 3. The summed E-state index contributed by atoms with van der Waals surface area (Å²) in [6.07, 6.45) is 3.83. The number of hydrogen-bond donors (Lipinski definition) is 0. The summed E-state index contributed by atoms with van der Waals surface area (Å²) in [5.41, 5.74) is 1.37. The smallest absolute Gasteiger partial charge is 0.0206 e. The molecule has 0 aliphatic heterocycles. The van der Waals surface area contributed by atoms with E-state index >= 15 is 0 Å². The van der Waals surface area contributed by atoms with Crippen molar-refractivity contribution in [3.05, 3.63) is 24.3 Å². The summed E-state index contributed by atoms with van der Waals surface area (Å²) in [4.78, 5) is 0. The quantitative estimate of drug-likeness (QED) is 0.371. The van der Waals surface area contributed by atoms with E-state index in [1.54, 1.807) is 0 Å². The first kappa shape index (κ1) is 7.21. The van der Waals surface area contributed by atoms with Crippen molar-refractivity contribution in [2.75, 3.05) is 4.43 Å². The molecular weight excluding hydrogens is 199 g/mol. The van der Waals surface area contributed by atoms with Gasteiger partial charge in [0.2, 0.25) is 0 Å². The standard InChI is InChI=1S/C6H9I/c1-3-4-6(2)5-7/h3-4H,1,5H2,2H3/b6-4-. The maximum atomic E-state index is 3.57. The third kappa shape index (κ3) is 4.05. The second kappa shape index (κ2) is 4.37. The van der Waals surface area contributed by atoms with Gasteiger partial charge >= 0.3 is 0 Å². The third-order valence-corrected chi connectivity index (χ3v) is 1.82. The highest BCUT2D eigenvalue weighted by molar-refractivity contribution is 14.1. The van der Waals surface area contributed by atoms with Crippen molar-refractivity contribution < 1.29 is 0 Å². The first-order valence-electron chi connectivity index (χ1n) is 2.15. The second-order valence-corrected chi connectivity index (χ2v) is 2.15. The predicted molar refractivity (Wildman–Crippen MR) is 42.8 cm³/mol. The molecular formula is C6H9I. The molecule has 0 fully saturated rings. The topological polar surface area (TPSA) is 0 Å². The van der Waals surface area contributed by atoms with Gasteiger partial charge in [0.25, 0.3) is 0 Å². The summed E-state index contributed by atoms with van der Waals surface area (Å²) in [5.74, 6) is 0. The Morgan fingerprint density at radius 2 is 2.43 bits per heavy atom. The van der Waals surface area contributed by atoms with Gasteiger partial charge in [-0.3, -0.25) is 0 Å². The molecule has 0 aromatic rings. The molecule has 0 spiro atoms. The molecule has 0 saturated heterocycles. The Labute approximate surface area is 58.4 Å². The fourth-order valence-corrected chi connectivity index (χ4v) is 0.500. The van der Waals surface area contributed by atoms with Gasteiger partial charge < -0.3 is 0 Å². The van der Waals surface area contributed by atoms with Crippen molar-refractivity contribution in [1.82, 2.24) is 0 Å². The minimum Gasteiger partial charge on any atom is -0.0991 e. The van der Waals surface area contributed by atoms with E-state index in [2.05, 4.69) is 36.1 Å². The van der Waals surface area contributed by atoms with Crippen molar-refractivity contribution in [2.24, 2.45) is 0 Å². The molecule has 0 nitrogen and oxygen atoms in total. The molecule has 0 aromatic carbocycles. The number of hydrogen-bond acceptors (Lipinski definition) is 0. The van der Waals surface area contributed by atoms with Crippen molar-refractivity contribution in [1.29, 1.82) is 0 Å². The Hall–Kier alpha value is 0.210. The van der Waals surface area contributed by atoms with Gasteiger partial charge in [-0.1, -0.05) is 46.9 Å². The molecule has 0 radical (unpaired) electrons. The molecule has 0 amide bonds. The monoisotopic (exact) mass is 208 g/mol. The number of alkyl halides is 1. The lowest BCUT2D eigenvalue weighted by atomic mass is 10.3. The van der Waals surface area contributed by atoms with E-state index < -0.39 is 0 Å². The first-order chi connectivity index (χ1) is 3.31. The summed E-state index contributed by atoms with van der Waals surface area (Å²) in [7, 11) is 0. The van der Waals surface area contributed by atoms with Gasteiger partial charge in [0.05, 0.1) is 0 Å². The van der Waals surface area contributed by atoms with E-state index in [-0.39, 0.29) is 0 Å². The van der Waals surface area contributed by atoms with E-state index in [1.165, 1.54) is 5.57 Å². The fourth-order valence-electron chi connectivity index (χ4n) is 0.246. The summed E-state index contributed by atoms with van der Waals surface area (Å²) < 4.78 is 1.10. The third-order valence-electron chi connectivity index (χ3n) is 0.613. The molecule has 0 aromatic heterocycles. The van der Waals surface area contributed by atoms with E-state index in [9.17, 15) is 0 Å². The van der Waals surface area contributed by atoms with Crippen molar-refractivity contribution in [2.45, 2.75) is 6.92 Å². The lowest BCUT2D eigenvalue weighted by Gasteiger charge is -1.84. The van der Waals surface area contributed by atoms with Crippen LogP contribution in [0.1, 0.15) is 6.92 Å². The van der Waals surface area contributed by atoms with Crippen LogP contribution in [0.2, 0.25) is 0 Å². The van der Waals surface area contributed by atoms with Crippen LogP contribution in [-0.4, -0.2) is 4.43 Å². The normalized spacial score (nSPS) is 11.4. The summed E-state index contributed by atoms with van der Waals surface area (Å²) in [6.45, 7) is 5.66. The molecule has 0 unspecified atom stereocenters. The Kier molecular flexibility index (Phi) is 4.50. The molecule has 0 N–H and O–H groups in total. The SMILES string of the molecule is C=C/C=C(/C)CI. The van der Waals surface area contributed by atoms with Crippen LogP contribution in [0.5, 0.6) is 0 Å². The van der Waals surface area contributed by atoms with Gasteiger partial charge in [-0.05, 0) is 6.92 Å². The summed E-state index contributed by atoms with van der Waals surface area (Å²) in [6, 6.07) is 0. The highest BCUT2D eigenvalue weighted by Gasteiger charge is 1.76. The van der Waals surface area contributed by atoms with Gasteiger partial charge in [-0.15, -0.1) is 0 Å². The molecule has 0 rings (SSSR count). The fraction of sp³-hybridized carbons (Fsp3) is 0.333. The van der Waals surface area contributed by atoms with Crippen LogP contribution in [-0.2, 0) is 0 Å². The van der Waals surface area contributed by atoms with E-state index in [4.69, 9.17) is 0 Å². The second-order valence-electron chi connectivity index (χ2n) is 1.38. The maximum Gasteiger partial charge on any atom is 0.0206 e. The van der Waals surface area contributed by atoms with Crippen LogP contribution >= 0.6 is 22.6 Å². The van der Waals surface area contributed by atoms with Crippen LogP contribution in [0, 0.1) is 0 Å². The van der Waals surface area contributed by atoms with Crippen molar-refractivity contribution >= 4 is 22.6 Å². The number of halogens is 1. The van der Waals surface area contributed by atoms with Crippen LogP contribution in [0.15, 0.2) is 24.3 Å². The van der Waals surface area contributed by atoms with Gasteiger partial charge in [0.1, 0.15) is 0 Å². The average Bonchev–Trinajstić information content (AvgIpc) is 1.68. The average molecular weight is 208 g/mol. The van der Waals surface area contributed by atoms with Crippen LogP contribution in [0.4, 0.5) is 0 Å². The molecule has 7 heavy (non-hydrogen) atoms. The predicted octanol–water partition coefficient (Wildman–Crippen LogP) is 2.55. The lowest BCUT2D eigenvalue weighted by molar-refractivity contribution is 1.44. The Morgan fingerprint density at radius 1 is 1.86 bits per heavy atom. The molecule has 1 heteroatoms. The van der Waals surface area contributed by atoms with Gasteiger partial charge in [0.15, 0.2) is 0 Å². The van der Waals surface area contributed by atoms with E-state index in [0.717, 1.165) is 4.43 Å². The molecule has 0 aliphatic rings. The maximum absolute atomic E-state index is 3.57. The van der Waals surface area contributed by atoms with Crippen molar-refractivity contribution in [3.63, 3.8) is 0 Å². The van der Waals surface area contributed by atoms with Crippen LogP contribution in [0.3, 0.4) is 0 Å². The number of rotatable bonds is 2. The minimum absolute atomic E-state index is 1.10. The van der Waals surface area contributed by atoms with Crippen LogP contribution in [0.25, 0.3) is 0 Å². The van der Waals surface area contributed by atoms with Gasteiger partial charge in [-0.25, -0.2) is 0 Å². The zero-order valence-corrected chi connectivity index (χ0v) is 6.60.